The summed E-state index contributed by atoms with van der Waals surface area (Å²) in [7, 11) is 1.95. The summed E-state index contributed by atoms with van der Waals surface area (Å²) in [6.07, 6.45) is 2.21. The molecule has 0 aliphatic carbocycles. The first kappa shape index (κ1) is 15.6. The first-order valence-corrected chi connectivity index (χ1v) is 7.38. The van der Waals surface area contributed by atoms with Gasteiger partial charge in [-0.2, -0.15) is 0 Å². The molecule has 1 fully saturated rings. The smallest absolute Gasteiger partial charge is 0.275 e. The lowest BCUT2D eigenvalue weighted by atomic mass is 10.0. The van der Waals surface area contributed by atoms with Crippen molar-refractivity contribution in [3.8, 4) is 5.75 Å². The van der Waals surface area contributed by atoms with Gasteiger partial charge in [0, 0.05) is 37.0 Å². The third kappa shape index (κ3) is 4.07. The third-order valence-corrected chi connectivity index (χ3v) is 3.65. The van der Waals surface area contributed by atoms with Gasteiger partial charge in [-0.1, -0.05) is 0 Å². The first-order chi connectivity index (χ1) is 9.99. The van der Waals surface area contributed by atoms with Crippen LogP contribution in [0.2, 0.25) is 0 Å². The molecule has 21 heavy (non-hydrogen) atoms. The van der Waals surface area contributed by atoms with Crippen molar-refractivity contribution in [3.05, 3.63) is 28.3 Å². The van der Waals surface area contributed by atoms with Gasteiger partial charge < -0.3 is 15.0 Å². The van der Waals surface area contributed by atoms with Gasteiger partial charge in [0.05, 0.1) is 17.1 Å². The van der Waals surface area contributed by atoms with Crippen molar-refractivity contribution in [2.24, 2.45) is 0 Å². The number of rotatable bonds is 5. The molecule has 1 saturated heterocycles. The van der Waals surface area contributed by atoms with E-state index in [1.807, 2.05) is 27.0 Å². The summed E-state index contributed by atoms with van der Waals surface area (Å²) in [6.45, 7) is 5.60. The summed E-state index contributed by atoms with van der Waals surface area (Å²) >= 11 is 0. The van der Waals surface area contributed by atoms with E-state index in [2.05, 4.69) is 10.2 Å². The van der Waals surface area contributed by atoms with Crippen LogP contribution in [0.4, 0.5) is 11.4 Å². The van der Waals surface area contributed by atoms with Crippen LogP contribution in [0.25, 0.3) is 0 Å². The molecule has 0 spiro atoms. The summed E-state index contributed by atoms with van der Waals surface area (Å²) in [5.74, 6) is 0.556. The molecule has 1 N–H and O–H groups in total. The number of likely N-dealkylation sites (N-methyl/N-ethyl adjacent to an activating group) is 1. The Balaban J connectivity index is 2.28. The molecule has 1 aromatic carbocycles. The highest BCUT2D eigenvalue weighted by atomic mass is 16.6. The molecule has 0 bridgehead atoms. The summed E-state index contributed by atoms with van der Waals surface area (Å²) in [5, 5.41) is 14.4. The molecular formula is C15H23N3O3. The highest BCUT2D eigenvalue weighted by Gasteiger charge is 2.21. The van der Waals surface area contributed by atoms with Gasteiger partial charge in [0.2, 0.25) is 0 Å². The minimum absolute atomic E-state index is 0.00809. The van der Waals surface area contributed by atoms with Gasteiger partial charge in [-0.3, -0.25) is 10.1 Å². The van der Waals surface area contributed by atoms with Crippen molar-refractivity contribution >= 4 is 11.4 Å². The molecule has 6 heteroatoms. The van der Waals surface area contributed by atoms with Crippen molar-refractivity contribution < 1.29 is 9.66 Å². The van der Waals surface area contributed by atoms with Crippen LogP contribution in [-0.2, 0) is 0 Å². The lowest BCUT2D eigenvalue weighted by molar-refractivity contribution is -0.384. The average molecular weight is 293 g/mol. The molecule has 1 unspecified atom stereocenters. The van der Waals surface area contributed by atoms with Crippen molar-refractivity contribution in [1.82, 2.24) is 5.32 Å². The van der Waals surface area contributed by atoms with E-state index in [1.54, 1.807) is 6.07 Å². The summed E-state index contributed by atoms with van der Waals surface area (Å²) in [5.41, 5.74) is 0.939. The Morgan fingerprint density at radius 1 is 1.43 bits per heavy atom. The molecule has 0 amide bonds. The van der Waals surface area contributed by atoms with E-state index in [0.717, 1.165) is 31.6 Å². The van der Waals surface area contributed by atoms with E-state index < -0.39 is 0 Å². The van der Waals surface area contributed by atoms with Gasteiger partial charge in [0.25, 0.3) is 5.69 Å². The van der Waals surface area contributed by atoms with Crippen LogP contribution in [0.3, 0.4) is 0 Å². The maximum atomic E-state index is 11.1. The first-order valence-electron chi connectivity index (χ1n) is 7.38. The molecule has 1 atom stereocenters. The van der Waals surface area contributed by atoms with Gasteiger partial charge in [-0.15, -0.1) is 0 Å². The number of benzene rings is 1. The fourth-order valence-corrected chi connectivity index (χ4v) is 2.64. The van der Waals surface area contributed by atoms with E-state index in [0.29, 0.717) is 11.8 Å². The molecule has 0 saturated carbocycles. The number of ether oxygens (including phenoxy) is 1. The number of hydrogen-bond acceptors (Lipinski definition) is 5. The second-order valence-corrected chi connectivity index (χ2v) is 5.68. The Hall–Kier alpha value is -1.82. The van der Waals surface area contributed by atoms with Crippen LogP contribution < -0.4 is 15.0 Å². The van der Waals surface area contributed by atoms with Crippen LogP contribution >= 0.6 is 0 Å². The maximum absolute atomic E-state index is 11.1. The zero-order valence-corrected chi connectivity index (χ0v) is 12.8. The van der Waals surface area contributed by atoms with E-state index in [-0.39, 0.29) is 16.7 Å². The fraction of sp³-hybridized carbons (Fsp3) is 0.600. The predicted molar refractivity (Wildman–Crippen MR) is 83.2 cm³/mol. The topological polar surface area (TPSA) is 67.6 Å². The third-order valence-electron chi connectivity index (χ3n) is 3.65. The van der Waals surface area contributed by atoms with Crippen molar-refractivity contribution in [1.29, 1.82) is 0 Å². The average Bonchev–Trinajstić information content (AvgIpc) is 2.46. The van der Waals surface area contributed by atoms with Crippen molar-refractivity contribution in [3.63, 3.8) is 0 Å². The van der Waals surface area contributed by atoms with Crippen LogP contribution in [0, 0.1) is 10.1 Å². The summed E-state index contributed by atoms with van der Waals surface area (Å²) in [6, 6.07) is 5.44. The SMILES string of the molecule is CNC1CCCN(c2cc(OC(C)C)cc([N+](=O)[O-])c2)C1. The Kier molecular flexibility index (Phi) is 5.01. The molecule has 1 aromatic rings. The number of hydrogen-bond donors (Lipinski definition) is 1. The predicted octanol–water partition coefficient (Wildman–Crippen LogP) is 2.57. The van der Waals surface area contributed by atoms with E-state index in [1.165, 1.54) is 6.07 Å². The van der Waals surface area contributed by atoms with Crippen LogP contribution in [-0.4, -0.2) is 37.2 Å². The quantitative estimate of drug-likeness (QED) is 0.667. The largest absolute Gasteiger partial charge is 0.491 e. The van der Waals surface area contributed by atoms with Crippen LogP contribution in [0.5, 0.6) is 5.75 Å². The number of nitrogens with one attached hydrogen (secondary N) is 1. The second kappa shape index (κ2) is 6.76. The molecule has 0 aromatic heterocycles. The van der Waals surface area contributed by atoms with Gasteiger partial charge in [-0.05, 0) is 33.7 Å². The zero-order chi connectivity index (χ0) is 15.4. The maximum Gasteiger partial charge on any atom is 0.275 e. The second-order valence-electron chi connectivity index (χ2n) is 5.68. The van der Waals surface area contributed by atoms with Crippen molar-refractivity contribution in [2.75, 3.05) is 25.0 Å². The monoisotopic (exact) mass is 293 g/mol. The number of anilines is 1. The number of nitro benzene ring substituents is 1. The van der Waals surface area contributed by atoms with E-state index in [4.69, 9.17) is 4.74 Å². The van der Waals surface area contributed by atoms with Gasteiger partial charge in [0.1, 0.15) is 5.75 Å². The van der Waals surface area contributed by atoms with E-state index >= 15 is 0 Å². The van der Waals surface area contributed by atoms with Crippen LogP contribution in [0.15, 0.2) is 18.2 Å². The molecule has 6 nitrogen and oxygen atoms in total. The Morgan fingerprint density at radius 3 is 2.81 bits per heavy atom. The standard InChI is InChI=1S/C15H23N3O3/c1-11(2)21-15-8-13(7-14(9-15)18(19)20)17-6-4-5-12(10-17)16-3/h7-9,11-12,16H,4-6,10H2,1-3H3. The van der Waals surface area contributed by atoms with Gasteiger partial charge in [0.15, 0.2) is 0 Å². The minimum atomic E-state index is -0.365. The summed E-state index contributed by atoms with van der Waals surface area (Å²) in [4.78, 5) is 12.9. The lowest BCUT2D eigenvalue weighted by Gasteiger charge is -2.34. The Morgan fingerprint density at radius 2 is 2.19 bits per heavy atom. The van der Waals surface area contributed by atoms with Crippen molar-refractivity contribution in [2.45, 2.75) is 38.8 Å². The number of non-ortho nitro benzene ring substituents is 1. The van der Waals surface area contributed by atoms with Crippen LogP contribution in [0.1, 0.15) is 26.7 Å². The number of nitrogens with zero attached hydrogens (tertiary/aromatic N) is 2. The molecule has 0 radical (unpaired) electrons. The summed E-state index contributed by atoms with van der Waals surface area (Å²) < 4.78 is 5.64. The molecule has 1 aliphatic rings. The Bertz CT molecular complexity index is 505. The number of piperidine rings is 1. The highest BCUT2D eigenvalue weighted by molar-refractivity contribution is 5.58. The minimum Gasteiger partial charge on any atom is -0.491 e. The number of nitro groups is 1. The normalized spacial score (nSPS) is 18.9. The molecule has 116 valence electrons. The molecular weight excluding hydrogens is 270 g/mol. The fourth-order valence-electron chi connectivity index (χ4n) is 2.64. The lowest BCUT2D eigenvalue weighted by Crippen LogP contribution is -2.44. The van der Waals surface area contributed by atoms with Gasteiger partial charge >= 0.3 is 0 Å². The molecule has 1 heterocycles. The zero-order valence-electron chi connectivity index (χ0n) is 12.8. The van der Waals surface area contributed by atoms with E-state index in [9.17, 15) is 10.1 Å². The Labute approximate surface area is 125 Å². The highest BCUT2D eigenvalue weighted by Crippen LogP contribution is 2.30. The molecule has 2 rings (SSSR count). The molecule has 1 aliphatic heterocycles. The van der Waals surface area contributed by atoms with Gasteiger partial charge in [-0.25, -0.2) is 0 Å².